The van der Waals surface area contributed by atoms with Crippen LogP contribution in [-0.4, -0.2) is 30.7 Å². The molecule has 0 aromatic heterocycles. The van der Waals surface area contributed by atoms with Crippen molar-refractivity contribution in [2.75, 3.05) is 18.9 Å². The minimum Gasteiger partial charge on any atom is -0.378 e. The summed E-state index contributed by atoms with van der Waals surface area (Å²) in [6.07, 6.45) is 0.896. The lowest BCUT2D eigenvalue weighted by Gasteiger charge is -2.22. The first-order valence-corrected chi connectivity index (χ1v) is 8.46. The number of hydrogen-bond acceptors (Lipinski definition) is 3. The lowest BCUT2D eigenvalue weighted by molar-refractivity contribution is 0.304. The molecule has 23 heavy (non-hydrogen) atoms. The molecule has 2 atom stereocenters. The zero-order chi connectivity index (χ0) is 17.4. The van der Waals surface area contributed by atoms with Crippen LogP contribution < -0.4 is 5.32 Å². The predicted octanol–water partition coefficient (Wildman–Crippen LogP) is 5.43. The lowest BCUT2D eigenvalue weighted by atomic mass is 10.1. The van der Waals surface area contributed by atoms with Gasteiger partial charge in [-0.2, -0.15) is 5.11 Å². The number of halogens is 1. The van der Waals surface area contributed by atoms with Gasteiger partial charge in [-0.1, -0.05) is 48.9 Å². The second-order valence-electron chi connectivity index (χ2n) is 6.41. The van der Waals surface area contributed by atoms with Gasteiger partial charge in [-0.15, -0.1) is 0 Å². The number of nitrogens with zero attached hydrogens (tertiary/aromatic N) is 3. The maximum Gasteiger partial charge on any atom is 0.0724 e. The average molecular weight is 337 g/mol. The van der Waals surface area contributed by atoms with Crippen LogP contribution in [0.4, 0.5) is 5.69 Å². The van der Waals surface area contributed by atoms with Crippen LogP contribution in [0.3, 0.4) is 0 Å². The third-order valence-electron chi connectivity index (χ3n) is 3.85. The summed E-state index contributed by atoms with van der Waals surface area (Å²) in [4.78, 5) is 0. The summed E-state index contributed by atoms with van der Waals surface area (Å²) < 4.78 is 0. The molecule has 1 unspecified atom stereocenters. The summed E-state index contributed by atoms with van der Waals surface area (Å²) in [5, 5.41) is 14.7. The summed E-state index contributed by atoms with van der Waals surface area (Å²) in [6.45, 7) is 13.3. The van der Waals surface area contributed by atoms with Crippen LogP contribution >= 0.6 is 11.6 Å². The Morgan fingerprint density at radius 2 is 2.04 bits per heavy atom. The van der Waals surface area contributed by atoms with E-state index >= 15 is 0 Å². The molecule has 5 heteroatoms. The largest absolute Gasteiger partial charge is 0.378 e. The van der Waals surface area contributed by atoms with Crippen molar-refractivity contribution >= 4 is 17.3 Å². The number of anilines is 1. The number of nitrogens with one attached hydrogen (secondary N) is 1. The summed E-state index contributed by atoms with van der Waals surface area (Å²) in [5.41, 5.74) is 2.09. The minimum absolute atomic E-state index is 0.175. The van der Waals surface area contributed by atoms with Gasteiger partial charge in [0, 0.05) is 30.3 Å². The van der Waals surface area contributed by atoms with Crippen LogP contribution in [0.5, 0.6) is 0 Å². The molecule has 0 aliphatic carbocycles. The van der Waals surface area contributed by atoms with E-state index in [9.17, 15) is 0 Å². The van der Waals surface area contributed by atoms with Gasteiger partial charge in [-0.3, -0.25) is 5.01 Å². The predicted molar refractivity (Wildman–Crippen MR) is 100 cm³/mol. The molecule has 0 radical (unpaired) electrons. The van der Waals surface area contributed by atoms with Crippen LogP contribution in [0.1, 0.15) is 34.1 Å². The van der Waals surface area contributed by atoms with Gasteiger partial charge in [-0.25, -0.2) is 0 Å². The molecule has 1 aromatic carbocycles. The summed E-state index contributed by atoms with van der Waals surface area (Å²) in [7, 11) is 1.95. The van der Waals surface area contributed by atoms with Crippen molar-refractivity contribution in [1.29, 1.82) is 0 Å². The van der Waals surface area contributed by atoms with Gasteiger partial charge in [0.05, 0.1) is 6.04 Å². The minimum atomic E-state index is 0.175. The number of hydrogen-bond donors (Lipinski definition) is 1. The summed E-state index contributed by atoms with van der Waals surface area (Å²) in [5.74, 6) is 0.500. The van der Waals surface area contributed by atoms with Crippen LogP contribution in [0, 0.1) is 5.92 Å². The first-order valence-electron chi connectivity index (χ1n) is 8.09. The van der Waals surface area contributed by atoms with Crippen LogP contribution in [0.15, 0.2) is 46.8 Å². The molecule has 0 saturated carbocycles. The normalized spacial score (nSPS) is 14.0. The Balaban J connectivity index is 2.55. The van der Waals surface area contributed by atoms with E-state index in [1.54, 1.807) is 0 Å². The van der Waals surface area contributed by atoms with E-state index in [0.29, 0.717) is 5.92 Å². The standard InChI is InChI=1S/C18H29ClN4/c1-13(2)15(5)21-22-23(6)11-10-18(14(3)4)20-17-9-7-8-16(19)12-17/h7-9,12-13,15,18,20H,3,10-11H2,1-2,4-6H3/b22-21-/t15?,18-/m0/s1. The molecule has 0 heterocycles. The molecule has 0 aliphatic heterocycles. The molecular weight excluding hydrogens is 308 g/mol. The molecular formula is C18H29ClN4. The van der Waals surface area contributed by atoms with E-state index in [2.05, 4.69) is 43.0 Å². The van der Waals surface area contributed by atoms with Gasteiger partial charge < -0.3 is 5.32 Å². The second kappa shape index (κ2) is 9.56. The Labute approximate surface area is 145 Å². The van der Waals surface area contributed by atoms with Crippen molar-refractivity contribution in [2.45, 2.75) is 46.2 Å². The topological polar surface area (TPSA) is 40.0 Å². The highest BCUT2D eigenvalue weighted by atomic mass is 35.5. The van der Waals surface area contributed by atoms with E-state index in [1.165, 1.54) is 0 Å². The molecule has 0 bridgehead atoms. The second-order valence-corrected chi connectivity index (χ2v) is 6.85. The molecule has 0 fully saturated rings. The van der Waals surface area contributed by atoms with Gasteiger partial charge in [0.25, 0.3) is 0 Å². The van der Waals surface area contributed by atoms with Gasteiger partial charge in [0.15, 0.2) is 0 Å². The van der Waals surface area contributed by atoms with Gasteiger partial charge >= 0.3 is 0 Å². The molecule has 128 valence electrons. The zero-order valence-corrected chi connectivity index (χ0v) is 15.6. The fourth-order valence-corrected chi connectivity index (χ4v) is 2.08. The Bertz CT molecular complexity index is 528. The van der Waals surface area contributed by atoms with Crippen molar-refractivity contribution in [2.24, 2.45) is 16.3 Å². The van der Waals surface area contributed by atoms with Crippen molar-refractivity contribution in [3.8, 4) is 0 Å². The fraction of sp³-hybridized carbons (Fsp3) is 0.556. The van der Waals surface area contributed by atoms with Crippen molar-refractivity contribution in [3.63, 3.8) is 0 Å². The molecule has 1 N–H and O–H groups in total. The first-order chi connectivity index (χ1) is 10.8. The Morgan fingerprint density at radius 3 is 2.61 bits per heavy atom. The molecule has 0 aliphatic rings. The summed E-state index contributed by atoms with van der Waals surface area (Å²) in [6, 6.07) is 8.15. The molecule has 0 saturated heterocycles. The number of benzene rings is 1. The molecule has 0 amide bonds. The van der Waals surface area contributed by atoms with E-state index in [-0.39, 0.29) is 12.1 Å². The van der Waals surface area contributed by atoms with Gasteiger partial charge in [-0.05, 0) is 44.4 Å². The van der Waals surface area contributed by atoms with Crippen molar-refractivity contribution < 1.29 is 0 Å². The third kappa shape index (κ3) is 7.51. The van der Waals surface area contributed by atoms with Crippen molar-refractivity contribution in [1.82, 2.24) is 5.01 Å². The van der Waals surface area contributed by atoms with Crippen molar-refractivity contribution in [3.05, 3.63) is 41.4 Å². The van der Waals surface area contributed by atoms with Crippen LogP contribution in [0.2, 0.25) is 5.02 Å². The molecule has 1 aromatic rings. The molecule has 0 spiro atoms. The highest BCUT2D eigenvalue weighted by molar-refractivity contribution is 6.30. The monoisotopic (exact) mass is 336 g/mol. The van der Waals surface area contributed by atoms with Crippen LogP contribution in [-0.2, 0) is 0 Å². The maximum absolute atomic E-state index is 6.03. The van der Waals surface area contributed by atoms with E-state index in [4.69, 9.17) is 11.6 Å². The first kappa shape index (κ1) is 19.5. The lowest BCUT2D eigenvalue weighted by Crippen LogP contribution is -2.26. The van der Waals surface area contributed by atoms with Crippen LogP contribution in [0.25, 0.3) is 0 Å². The van der Waals surface area contributed by atoms with E-state index in [1.807, 2.05) is 43.2 Å². The highest BCUT2D eigenvalue weighted by Crippen LogP contribution is 2.18. The Morgan fingerprint density at radius 1 is 1.35 bits per heavy atom. The Hall–Kier alpha value is -1.55. The quantitative estimate of drug-likeness (QED) is 0.371. The third-order valence-corrected chi connectivity index (χ3v) is 4.09. The molecule has 4 nitrogen and oxygen atoms in total. The summed E-state index contributed by atoms with van der Waals surface area (Å²) >= 11 is 6.03. The zero-order valence-electron chi connectivity index (χ0n) is 14.9. The fourth-order valence-electron chi connectivity index (χ4n) is 1.88. The smallest absolute Gasteiger partial charge is 0.0724 e. The number of rotatable bonds is 9. The van der Waals surface area contributed by atoms with Gasteiger partial charge in [0.2, 0.25) is 0 Å². The SMILES string of the molecule is C=C(C)[C@H](CCN(C)/N=N\C(C)C(C)C)Nc1cccc(Cl)c1. The van der Waals surface area contributed by atoms with E-state index < -0.39 is 0 Å². The maximum atomic E-state index is 6.03. The van der Waals surface area contributed by atoms with E-state index in [0.717, 1.165) is 29.2 Å². The molecule has 1 rings (SSSR count). The van der Waals surface area contributed by atoms with Gasteiger partial charge in [0.1, 0.15) is 0 Å². The average Bonchev–Trinajstić information content (AvgIpc) is 2.48. The Kier molecular flexibility index (Phi) is 8.10. The highest BCUT2D eigenvalue weighted by Gasteiger charge is 2.11.